The molecule has 2 rings (SSSR count). The van der Waals surface area contributed by atoms with Gasteiger partial charge in [0, 0.05) is 13.7 Å². The maximum absolute atomic E-state index is 9.58. The van der Waals surface area contributed by atoms with Crippen LogP contribution in [0.5, 0.6) is 0 Å². The van der Waals surface area contributed by atoms with Crippen molar-refractivity contribution in [2.24, 2.45) is 10.5 Å². The lowest BCUT2D eigenvalue weighted by atomic mass is 9.72. The first kappa shape index (κ1) is 14.3. The monoisotopic (exact) mass is 263 g/mol. The van der Waals surface area contributed by atoms with Crippen LogP contribution < -0.4 is 0 Å². The summed E-state index contributed by atoms with van der Waals surface area (Å²) in [6, 6.07) is 2.95. The molecule has 2 aliphatic rings. The van der Waals surface area contributed by atoms with Gasteiger partial charge < -0.3 is 4.74 Å². The van der Waals surface area contributed by atoms with E-state index in [1.807, 2.05) is 0 Å². The highest BCUT2D eigenvalue weighted by molar-refractivity contribution is 5.93. The lowest BCUT2D eigenvalue weighted by Gasteiger charge is -2.33. The molecule has 4 nitrogen and oxygen atoms in total. The lowest BCUT2D eigenvalue weighted by Crippen LogP contribution is -2.37. The van der Waals surface area contributed by atoms with Gasteiger partial charge in [0.25, 0.3) is 0 Å². The first-order chi connectivity index (χ1) is 9.25. The van der Waals surface area contributed by atoms with Crippen molar-refractivity contribution in [3.63, 3.8) is 0 Å². The van der Waals surface area contributed by atoms with Crippen molar-refractivity contribution < 1.29 is 4.74 Å². The molecule has 19 heavy (non-hydrogen) atoms. The van der Waals surface area contributed by atoms with E-state index < -0.39 is 0 Å². The van der Waals surface area contributed by atoms with Gasteiger partial charge in [-0.15, -0.1) is 0 Å². The van der Waals surface area contributed by atoms with E-state index in [9.17, 15) is 5.26 Å². The molecular weight excluding hydrogens is 238 g/mol. The minimum Gasteiger partial charge on any atom is -0.382 e. The van der Waals surface area contributed by atoms with Gasteiger partial charge in [0.1, 0.15) is 0 Å². The average Bonchev–Trinajstić information content (AvgIpc) is 2.87. The average molecular weight is 263 g/mol. The zero-order valence-electron chi connectivity index (χ0n) is 12.2. The predicted octanol–water partition coefficient (Wildman–Crippen LogP) is 2.95. The zero-order valence-corrected chi connectivity index (χ0v) is 12.2. The van der Waals surface area contributed by atoms with Crippen LogP contribution in [0.2, 0.25) is 0 Å². The fourth-order valence-corrected chi connectivity index (χ4v) is 3.30. The topological polar surface area (TPSA) is 48.6 Å². The zero-order chi connectivity index (χ0) is 13.7. The molecule has 1 saturated heterocycles. The van der Waals surface area contributed by atoms with Crippen molar-refractivity contribution >= 4 is 5.71 Å². The van der Waals surface area contributed by atoms with E-state index in [0.29, 0.717) is 6.04 Å². The van der Waals surface area contributed by atoms with Crippen LogP contribution in [-0.4, -0.2) is 37.0 Å². The van der Waals surface area contributed by atoms with Crippen LogP contribution >= 0.6 is 0 Å². The molecule has 0 amide bonds. The van der Waals surface area contributed by atoms with Crippen LogP contribution in [0.25, 0.3) is 0 Å². The fraction of sp³-hybridized carbons (Fsp3) is 0.867. The molecular formula is C15H25N3O. The van der Waals surface area contributed by atoms with Crippen LogP contribution in [0.3, 0.4) is 0 Å². The third-order valence-electron chi connectivity index (χ3n) is 4.59. The summed E-state index contributed by atoms with van der Waals surface area (Å²) in [5.74, 6) is 0. The standard InChI is InChI=1S/C15H25N3O/c1-3-15(12-16)9-5-4-8-14(15)17-18-10-6-7-13(18)11-19-2/h13H,3-11H2,1-2H3/b17-14+/t13-,15+/m0/s1. The predicted molar refractivity (Wildman–Crippen MR) is 75.8 cm³/mol. The number of nitriles is 1. The molecule has 4 heteroatoms. The second-order valence-electron chi connectivity index (χ2n) is 5.72. The molecule has 1 aliphatic heterocycles. The van der Waals surface area contributed by atoms with Gasteiger partial charge in [-0.3, -0.25) is 5.01 Å². The SMILES string of the molecule is CC[C@]1(C#N)CCCC/C1=N\N1CCC[C@H]1COC. The van der Waals surface area contributed by atoms with Crippen molar-refractivity contribution in [2.45, 2.75) is 57.9 Å². The molecule has 0 aromatic heterocycles. The van der Waals surface area contributed by atoms with E-state index in [1.165, 1.54) is 12.8 Å². The molecule has 0 N–H and O–H groups in total. The smallest absolute Gasteiger partial charge is 0.0969 e. The number of nitrogens with zero attached hydrogens (tertiary/aromatic N) is 3. The van der Waals surface area contributed by atoms with E-state index in [1.54, 1.807) is 7.11 Å². The highest BCUT2D eigenvalue weighted by atomic mass is 16.5. The molecule has 2 fully saturated rings. The molecule has 0 radical (unpaired) electrons. The van der Waals surface area contributed by atoms with Crippen molar-refractivity contribution in [1.29, 1.82) is 5.26 Å². The van der Waals surface area contributed by atoms with E-state index >= 15 is 0 Å². The van der Waals surface area contributed by atoms with Crippen molar-refractivity contribution in [1.82, 2.24) is 5.01 Å². The van der Waals surface area contributed by atoms with Gasteiger partial charge in [-0.05, 0) is 38.5 Å². The van der Waals surface area contributed by atoms with Gasteiger partial charge in [-0.2, -0.15) is 10.4 Å². The molecule has 106 valence electrons. The third-order valence-corrected chi connectivity index (χ3v) is 4.59. The highest BCUT2D eigenvalue weighted by Crippen LogP contribution is 2.37. The molecule has 0 bridgehead atoms. The molecule has 1 heterocycles. The Bertz CT molecular complexity index is 374. The first-order valence-electron chi connectivity index (χ1n) is 7.50. The van der Waals surface area contributed by atoms with E-state index in [2.05, 4.69) is 18.0 Å². The fourth-order valence-electron chi connectivity index (χ4n) is 3.30. The normalized spacial score (nSPS) is 33.6. The second-order valence-corrected chi connectivity index (χ2v) is 5.72. The van der Waals surface area contributed by atoms with E-state index in [4.69, 9.17) is 9.84 Å². The Labute approximate surface area is 116 Å². The van der Waals surface area contributed by atoms with Crippen LogP contribution in [0, 0.1) is 16.7 Å². The Balaban J connectivity index is 2.17. The summed E-state index contributed by atoms with van der Waals surface area (Å²) >= 11 is 0. The highest BCUT2D eigenvalue weighted by Gasteiger charge is 2.37. The summed E-state index contributed by atoms with van der Waals surface area (Å²) in [5.41, 5.74) is 0.810. The van der Waals surface area contributed by atoms with E-state index in [-0.39, 0.29) is 5.41 Å². The van der Waals surface area contributed by atoms with Crippen LogP contribution in [0.1, 0.15) is 51.9 Å². The Morgan fingerprint density at radius 3 is 3.00 bits per heavy atom. The summed E-state index contributed by atoms with van der Waals surface area (Å²) in [6.07, 6.45) is 7.49. The maximum atomic E-state index is 9.58. The molecule has 2 atom stereocenters. The van der Waals surface area contributed by atoms with E-state index in [0.717, 1.165) is 51.0 Å². The van der Waals surface area contributed by atoms with Gasteiger partial charge in [0.2, 0.25) is 0 Å². The quantitative estimate of drug-likeness (QED) is 0.783. The lowest BCUT2D eigenvalue weighted by molar-refractivity contribution is 0.116. The minimum atomic E-state index is -0.307. The summed E-state index contributed by atoms with van der Waals surface area (Å²) < 4.78 is 5.27. The number of hydrogen-bond acceptors (Lipinski definition) is 4. The molecule has 0 spiro atoms. The first-order valence-corrected chi connectivity index (χ1v) is 7.50. The Morgan fingerprint density at radius 1 is 1.47 bits per heavy atom. The molecule has 1 aliphatic carbocycles. The van der Waals surface area contributed by atoms with Gasteiger partial charge in [-0.1, -0.05) is 13.3 Å². The van der Waals surface area contributed by atoms with Gasteiger partial charge >= 0.3 is 0 Å². The number of rotatable bonds is 4. The van der Waals surface area contributed by atoms with Crippen molar-refractivity contribution in [3.8, 4) is 6.07 Å². The summed E-state index contributed by atoms with van der Waals surface area (Å²) in [4.78, 5) is 0. The van der Waals surface area contributed by atoms with Gasteiger partial charge in [-0.25, -0.2) is 0 Å². The Morgan fingerprint density at radius 2 is 2.32 bits per heavy atom. The number of hydrogen-bond donors (Lipinski definition) is 0. The second kappa shape index (κ2) is 6.38. The van der Waals surface area contributed by atoms with Gasteiger partial charge in [0.05, 0.1) is 29.8 Å². The molecule has 0 aromatic carbocycles. The maximum Gasteiger partial charge on any atom is 0.0969 e. The summed E-state index contributed by atoms with van der Waals surface area (Å²) in [5, 5.41) is 16.6. The molecule has 0 unspecified atom stereocenters. The van der Waals surface area contributed by atoms with Crippen LogP contribution in [-0.2, 0) is 4.74 Å². The van der Waals surface area contributed by atoms with Crippen molar-refractivity contribution in [3.05, 3.63) is 0 Å². The minimum absolute atomic E-state index is 0.307. The Kier molecular flexibility index (Phi) is 4.81. The number of hydrazone groups is 1. The van der Waals surface area contributed by atoms with Crippen LogP contribution in [0.15, 0.2) is 5.10 Å². The van der Waals surface area contributed by atoms with Crippen molar-refractivity contribution in [2.75, 3.05) is 20.3 Å². The molecule has 1 saturated carbocycles. The Hall–Kier alpha value is -1.08. The number of methoxy groups -OCH3 is 1. The van der Waals surface area contributed by atoms with Crippen LogP contribution in [0.4, 0.5) is 0 Å². The number of ether oxygens (including phenoxy) is 1. The van der Waals surface area contributed by atoms with Gasteiger partial charge in [0.15, 0.2) is 0 Å². The summed E-state index contributed by atoms with van der Waals surface area (Å²) in [6.45, 7) is 3.85. The third kappa shape index (κ3) is 2.92. The largest absolute Gasteiger partial charge is 0.382 e. The summed E-state index contributed by atoms with van der Waals surface area (Å²) in [7, 11) is 1.75. The molecule has 0 aromatic rings.